The highest BCUT2D eigenvalue weighted by Gasteiger charge is 2.18. The minimum absolute atomic E-state index is 0.0225. The van der Waals surface area contributed by atoms with Crippen LogP contribution in [0.5, 0.6) is 0 Å². The van der Waals surface area contributed by atoms with Crippen LogP contribution in [0.15, 0.2) is 23.1 Å². The maximum Gasteiger partial charge on any atom is 0.241 e. The summed E-state index contributed by atoms with van der Waals surface area (Å²) >= 11 is 0. The highest BCUT2D eigenvalue weighted by atomic mass is 32.2. The topological polar surface area (TPSA) is 46.2 Å². The molecule has 17 heavy (non-hydrogen) atoms. The maximum atomic E-state index is 12.1. The molecule has 0 aliphatic rings. The van der Waals surface area contributed by atoms with Crippen LogP contribution in [0.4, 0.5) is 0 Å². The van der Waals surface area contributed by atoms with E-state index >= 15 is 0 Å². The van der Waals surface area contributed by atoms with Crippen molar-refractivity contribution in [1.29, 1.82) is 0 Å². The third kappa shape index (κ3) is 3.82. The summed E-state index contributed by atoms with van der Waals surface area (Å²) in [6.45, 7) is 7.72. The van der Waals surface area contributed by atoms with Crippen molar-refractivity contribution in [3.8, 4) is 0 Å². The Kier molecular flexibility index (Phi) is 4.71. The Hall–Kier alpha value is -0.870. The van der Waals surface area contributed by atoms with Crippen LogP contribution in [-0.2, 0) is 10.0 Å². The van der Waals surface area contributed by atoms with Crippen molar-refractivity contribution in [3.05, 3.63) is 29.3 Å². The molecule has 1 rings (SSSR count). The molecule has 0 spiro atoms. The lowest BCUT2D eigenvalue weighted by Gasteiger charge is -2.14. The number of hydrogen-bond donors (Lipinski definition) is 1. The number of aryl methyl sites for hydroxylation is 2. The molecule has 0 amide bonds. The lowest BCUT2D eigenvalue weighted by molar-refractivity contribution is 0.543. The summed E-state index contributed by atoms with van der Waals surface area (Å²) in [6.07, 6.45) is 1.82. The molecule has 0 saturated carbocycles. The first-order chi connectivity index (χ1) is 7.86. The Bertz CT molecular complexity index is 480. The summed E-state index contributed by atoms with van der Waals surface area (Å²) in [6, 6.07) is 5.36. The SMILES string of the molecule is CCC[C@H](C)NS(=O)(=O)c1ccc(C)cc1C. The molecule has 1 N–H and O–H groups in total. The Balaban J connectivity index is 2.97. The average molecular weight is 255 g/mol. The smallest absolute Gasteiger partial charge is 0.208 e. The zero-order valence-corrected chi connectivity index (χ0v) is 11.8. The molecule has 1 aromatic carbocycles. The first-order valence-electron chi connectivity index (χ1n) is 5.96. The zero-order valence-electron chi connectivity index (χ0n) is 10.9. The maximum absolute atomic E-state index is 12.1. The largest absolute Gasteiger partial charge is 0.241 e. The average Bonchev–Trinajstić information content (AvgIpc) is 2.15. The van der Waals surface area contributed by atoms with Gasteiger partial charge in [-0.05, 0) is 38.8 Å². The van der Waals surface area contributed by atoms with Crippen molar-refractivity contribution in [2.75, 3.05) is 0 Å². The fourth-order valence-electron chi connectivity index (χ4n) is 1.92. The Labute approximate surface area is 104 Å². The van der Waals surface area contributed by atoms with Crippen molar-refractivity contribution in [3.63, 3.8) is 0 Å². The van der Waals surface area contributed by atoms with Gasteiger partial charge in [0.05, 0.1) is 4.90 Å². The van der Waals surface area contributed by atoms with Gasteiger partial charge in [0.1, 0.15) is 0 Å². The second-order valence-electron chi connectivity index (χ2n) is 4.58. The second kappa shape index (κ2) is 5.65. The number of sulfonamides is 1. The van der Waals surface area contributed by atoms with Gasteiger partial charge in [0.25, 0.3) is 0 Å². The Morgan fingerprint density at radius 2 is 1.94 bits per heavy atom. The summed E-state index contributed by atoms with van der Waals surface area (Å²) in [5, 5.41) is 0. The summed E-state index contributed by atoms with van der Waals surface area (Å²) in [5.74, 6) is 0. The van der Waals surface area contributed by atoms with E-state index in [0.29, 0.717) is 4.90 Å². The normalized spacial score (nSPS) is 13.6. The van der Waals surface area contributed by atoms with Gasteiger partial charge in [-0.25, -0.2) is 13.1 Å². The molecule has 1 aromatic rings. The number of benzene rings is 1. The fraction of sp³-hybridized carbons (Fsp3) is 0.538. The van der Waals surface area contributed by atoms with E-state index in [9.17, 15) is 8.42 Å². The standard InChI is InChI=1S/C13H21NO2S/c1-5-6-12(4)14-17(15,16)13-8-7-10(2)9-11(13)3/h7-9,12,14H,5-6H2,1-4H3/t12-/m0/s1. The van der Waals surface area contributed by atoms with E-state index in [1.54, 1.807) is 6.07 Å². The lowest BCUT2D eigenvalue weighted by atomic mass is 10.2. The van der Waals surface area contributed by atoms with E-state index < -0.39 is 10.0 Å². The molecule has 4 heteroatoms. The minimum atomic E-state index is -3.38. The summed E-state index contributed by atoms with van der Waals surface area (Å²) in [5.41, 5.74) is 1.87. The van der Waals surface area contributed by atoms with Gasteiger partial charge >= 0.3 is 0 Å². The van der Waals surface area contributed by atoms with Gasteiger partial charge in [-0.2, -0.15) is 0 Å². The van der Waals surface area contributed by atoms with Gasteiger partial charge in [0.15, 0.2) is 0 Å². The van der Waals surface area contributed by atoms with E-state index in [1.165, 1.54) is 0 Å². The highest BCUT2D eigenvalue weighted by molar-refractivity contribution is 7.89. The molecule has 0 unspecified atom stereocenters. The number of hydrogen-bond acceptors (Lipinski definition) is 2. The molecule has 0 heterocycles. The Morgan fingerprint density at radius 1 is 1.29 bits per heavy atom. The van der Waals surface area contributed by atoms with Crippen LogP contribution in [0.2, 0.25) is 0 Å². The van der Waals surface area contributed by atoms with E-state index in [1.807, 2.05) is 39.8 Å². The molecule has 0 radical (unpaired) electrons. The molecular weight excluding hydrogens is 234 g/mol. The van der Waals surface area contributed by atoms with Crippen LogP contribution >= 0.6 is 0 Å². The van der Waals surface area contributed by atoms with Crippen LogP contribution < -0.4 is 4.72 Å². The summed E-state index contributed by atoms with van der Waals surface area (Å²) in [4.78, 5) is 0.381. The van der Waals surface area contributed by atoms with Crippen LogP contribution in [0.1, 0.15) is 37.8 Å². The van der Waals surface area contributed by atoms with Gasteiger partial charge in [-0.1, -0.05) is 31.0 Å². The molecule has 0 bridgehead atoms. The molecule has 0 fully saturated rings. The minimum Gasteiger partial charge on any atom is -0.208 e. The first-order valence-corrected chi connectivity index (χ1v) is 7.44. The molecule has 0 aromatic heterocycles. The van der Waals surface area contributed by atoms with Crippen molar-refractivity contribution in [2.24, 2.45) is 0 Å². The number of rotatable bonds is 5. The van der Waals surface area contributed by atoms with Crippen LogP contribution in [-0.4, -0.2) is 14.5 Å². The predicted octanol–water partition coefficient (Wildman–Crippen LogP) is 2.77. The van der Waals surface area contributed by atoms with Crippen LogP contribution in [0.25, 0.3) is 0 Å². The van der Waals surface area contributed by atoms with E-state index in [2.05, 4.69) is 4.72 Å². The predicted molar refractivity (Wildman–Crippen MR) is 70.6 cm³/mol. The highest BCUT2D eigenvalue weighted by Crippen LogP contribution is 2.17. The molecule has 3 nitrogen and oxygen atoms in total. The van der Waals surface area contributed by atoms with Crippen molar-refractivity contribution in [2.45, 2.75) is 51.5 Å². The fourth-order valence-corrected chi connectivity index (χ4v) is 3.43. The van der Waals surface area contributed by atoms with Gasteiger partial charge < -0.3 is 0 Å². The van der Waals surface area contributed by atoms with Crippen LogP contribution in [0.3, 0.4) is 0 Å². The molecular formula is C13H21NO2S. The number of nitrogens with one attached hydrogen (secondary N) is 1. The molecule has 0 aliphatic heterocycles. The summed E-state index contributed by atoms with van der Waals surface area (Å²) < 4.78 is 27.0. The van der Waals surface area contributed by atoms with Crippen LogP contribution in [0, 0.1) is 13.8 Å². The van der Waals surface area contributed by atoms with Gasteiger partial charge in [-0.15, -0.1) is 0 Å². The molecule has 1 atom stereocenters. The molecule has 96 valence electrons. The molecule has 0 saturated heterocycles. The third-order valence-corrected chi connectivity index (χ3v) is 4.45. The zero-order chi connectivity index (χ0) is 13.1. The van der Waals surface area contributed by atoms with E-state index in [-0.39, 0.29) is 6.04 Å². The van der Waals surface area contributed by atoms with E-state index in [4.69, 9.17) is 0 Å². The third-order valence-electron chi connectivity index (χ3n) is 2.70. The van der Waals surface area contributed by atoms with Crippen molar-refractivity contribution in [1.82, 2.24) is 4.72 Å². The van der Waals surface area contributed by atoms with E-state index in [0.717, 1.165) is 24.0 Å². The first kappa shape index (κ1) is 14.2. The quantitative estimate of drug-likeness (QED) is 0.879. The van der Waals surface area contributed by atoms with Gasteiger partial charge in [0.2, 0.25) is 10.0 Å². The lowest BCUT2D eigenvalue weighted by Crippen LogP contribution is -2.32. The van der Waals surface area contributed by atoms with Crippen molar-refractivity contribution < 1.29 is 8.42 Å². The monoisotopic (exact) mass is 255 g/mol. The van der Waals surface area contributed by atoms with Crippen molar-refractivity contribution >= 4 is 10.0 Å². The van der Waals surface area contributed by atoms with Gasteiger partial charge in [-0.3, -0.25) is 0 Å². The molecule has 0 aliphatic carbocycles. The summed E-state index contributed by atoms with van der Waals surface area (Å²) in [7, 11) is -3.38. The Morgan fingerprint density at radius 3 is 2.47 bits per heavy atom. The second-order valence-corrected chi connectivity index (χ2v) is 6.26. The van der Waals surface area contributed by atoms with Gasteiger partial charge in [0, 0.05) is 6.04 Å².